The van der Waals surface area contributed by atoms with Crippen LogP contribution >= 0.6 is 0 Å². The zero-order valence-electron chi connectivity index (χ0n) is 9.33. The predicted molar refractivity (Wildman–Crippen MR) is 61.5 cm³/mol. The highest BCUT2D eigenvalue weighted by molar-refractivity contribution is 5.47. The molecule has 0 spiro atoms. The van der Waals surface area contributed by atoms with E-state index >= 15 is 0 Å². The average molecular weight is 218 g/mol. The Bertz CT molecular complexity index is 422. The first kappa shape index (κ1) is 10.9. The minimum atomic E-state index is -0.186. The van der Waals surface area contributed by atoms with Crippen LogP contribution in [0.5, 0.6) is 0 Å². The first-order chi connectivity index (χ1) is 7.70. The first-order valence-electron chi connectivity index (χ1n) is 5.63. The highest BCUT2D eigenvalue weighted by Crippen LogP contribution is 2.28. The van der Waals surface area contributed by atoms with Crippen LogP contribution < -0.4 is 5.32 Å². The summed E-state index contributed by atoms with van der Waals surface area (Å²) in [5.74, 6) is -0.0980. The van der Waals surface area contributed by atoms with Crippen molar-refractivity contribution in [3.05, 3.63) is 29.6 Å². The third-order valence-corrected chi connectivity index (χ3v) is 3.19. The Morgan fingerprint density at radius 1 is 1.44 bits per heavy atom. The lowest BCUT2D eigenvalue weighted by Gasteiger charge is -2.17. The summed E-state index contributed by atoms with van der Waals surface area (Å²) >= 11 is 0. The number of halogens is 1. The molecule has 0 bridgehead atoms. The summed E-state index contributed by atoms with van der Waals surface area (Å²) in [5, 5.41) is 12.3. The molecule has 0 aromatic heterocycles. The molecule has 2 rings (SSSR count). The largest absolute Gasteiger partial charge is 0.381 e. The third-order valence-electron chi connectivity index (χ3n) is 3.19. The van der Waals surface area contributed by atoms with Crippen LogP contribution in [0.4, 0.5) is 10.1 Å². The van der Waals surface area contributed by atoms with Gasteiger partial charge in [-0.1, -0.05) is 0 Å². The zero-order chi connectivity index (χ0) is 11.5. The highest BCUT2D eigenvalue weighted by Gasteiger charge is 2.26. The van der Waals surface area contributed by atoms with E-state index in [2.05, 4.69) is 11.4 Å². The summed E-state index contributed by atoms with van der Waals surface area (Å²) in [4.78, 5) is 0. The highest BCUT2D eigenvalue weighted by atomic mass is 19.1. The van der Waals surface area contributed by atoms with E-state index < -0.39 is 0 Å². The van der Waals surface area contributed by atoms with Gasteiger partial charge in [-0.05, 0) is 49.9 Å². The number of nitriles is 1. The lowest BCUT2D eigenvalue weighted by Crippen LogP contribution is -2.22. The van der Waals surface area contributed by atoms with Crippen LogP contribution in [0.2, 0.25) is 0 Å². The Balaban J connectivity index is 2.09. The van der Waals surface area contributed by atoms with E-state index in [9.17, 15) is 4.39 Å². The molecule has 0 amide bonds. The van der Waals surface area contributed by atoms with E-state index in [1.807, 2.05) is 0 Å². The predicted octanol–water partition coefficient (Wildman–Crippen LogP) is 3.24. The molecule has 0 saturated heterocycles. The van der Waals surface area contributed by atoms with Crippen molar-refractivity contribution in [3.63, 3.8) is 0 Å². The molecular formula is C13H15FN2. The van der Waals surface area contributed by atoms with E-state index in [0.29, 0.717) is 5.56 Å². The normalized spacial score (nSPS) is 24.1. The van der Waals surface area contributed by atoms with Gasteiger partial charge in [0.15, 0.2) is 0 Å². The fourth-order valence-corrected chi connectivity index (χ4v) is 2.24. The third kappa shape index (κ3) is 2.16. The SMILES string of the molecule is Cc1cc(NC2CCCC2C#N)ccc1F. The quantitative estimate of drug-likeness (QED) is 0.827. The summed E-state index contributed by atoms with van der Waals surface area (Å²) in [5.41, 5.74) is 1.54. The molecule has 84 valence electrons. The Morgan fingerprint density at radius 3 is 2.94 bits per heavy atom. The van der Waals surface area contributed by atoms with Crippen LogP contribution in [0.15, 0.2) is 18.2 Å². The topological polar surface area (TPSA) is 35.8 Å². The van der Waals surface area contributed by atoms with E-state index in [1.165, 1.54) is 6.07 Å². The van der Waals surface area contributed by atoms with Crippen LogP contribution in [0.25, 0.3) is 0 Å². The number of rotatable bonds is 2. The van der Waals surface area contributed by atoms with Crippen LogP contribution in [0, 0.1) is 30.0 Å². The van der Waals surface area contributed by atoms with Gasteiger partial charge < -0.3 is 5.32 Å². The van der Waals surface area contributed by atoms with E-state index in [-0.39, 0.29) is 17.8 Å². The van der Waals surface area contributed by atoms with Gasteiger partial charge in [-0.25, -0.2) is 4.39 Å². The van der Waals surface area contributed by atoms with Crippen molar-refractivity contribution >= 4 is 5.69 Å². The molecule has 1 N–H and O–H groups in total. The van der Waals surface area contributed by atoms with Crippen LogP contribution in [0.1, 0.15) is 24.8 Å². The van der Waals surface area contributed by atoms with Crippen molar-refractivity contribution in [1.82, 2.24) is 0 Å². The number of benzene rings is 1. The van der Waals surface area contributed by atoms with Crippen molar-refractivity contribution < 1.29 is 4.39 Å². The van der Waals surface area contributed by atoms with E-state index in [0.717, 1.165) is 24.9 Å². The molecule has 2 atom stereocenters. The second-order valence-corrected chi connectivity index (χ2v) is 4.38. The summed E-state index contributed by atoms with van der Waals surface area (Å²) in [6.07, 6.45) is 3.08. The van der Waals surface area contributed by atoms with Crippen molar-refractivity contribution in [2.45, 2.75) is 32.2 Å². The Hall–Kier alpha value is -1.56. The van der Waals surface area contributed by atoms with Crippen LogP contribution in [-0.4, -0.2) is 6.04 Å². The Labute approximate surface area is 95.1 Å². The van der Waals surface area contributed by atoms with Gasteiger partial charge in [-0.3, -0.25) is 0 Å². The molecule has 0 aliphatic heterocycles. The lowest BCUT2D eigenvalue weighted by molar-refractivity contribution is 0.615. The molecule has 1 aliphatic carbocycles. The van der Waals surface area contributed by atoms with E-state index in [4.69, 9.17) is 5.26 Å². The van der Waals surface area contributed by atoms with Crippen molar-refractivity contribution in [3.8, 4) is 6.07 Å². The molecule has 1 saturated carbocycles. The minimum absolute atomic E-state index is 0.0883. The van der Waals surface area contributed by atoms with Crippen molar-refractivity contribution in [2.75, 3.05) is 5.32 Å². The fourth-order valence-electron chi connectivity index (χ4n) is 2.24. The molecule has 2 unspecified atom stereocenters. The summed E-state index contributed by atoms with van der Waals surface area (Å²) in [6, 6.07) is 7.53. The molecule has 1 aromatic carbocycles. The second-order valence-electron chi connectivity index (χ2n) is 4.38. The van der Waals surface area contributed by atoms with Crippen LogP contribution in [0.3, 0.4) is 0 Å². The van der Waals surface area contributed by atoms with Gasteiger partial charge in [0, 0.05) is 11.7 Å². The van der Waals surface area contributed by atoms with Crippen molar-refractivity contribution in [2.24, 2.45) is 5.92 Å². The second kappa shape index (κ2) is 4.52. The maximum Gasteiger partial charge on any atom is 0.126 e. The number of nitrogens with one attached hydrogen (secondary N) is 1. The molecule has 2 nitrogen and oxygen atoms in total. The standard InChI is InChI=1S/C13H15FN2/c1-9-7-11(5-6-12(9)14)16-13-4-2-3-10(13)8-15/h5-7,10,13,16H,2-4H2,1H3. The van der Waals surface area contributed by atoms with Gasteiger partial charge in [-0.15, -0.1) is 0 Å². The summed E-state index contributed by atoms with van der Waals surface area (Å²) in [6.45, 7) is 1.75. The smallest absolute Gasteiger partial charge is 0.126 e. The van der Waals surface area contributed by atoms with Gasteiger partial charge in [0.2, 0.25) is 0 Å². The van der Waals surface area contributed by atoms with Crippen LogP contribution in [-0.2, 0) is 0 Å². The monoisotopic (exact) mass is 218 g/mol. The van der Waals surface area contributed by atoms with Gasteiger partial charge in [0.25, 0.3) is 0 Å². The summed E-state index contributed by atoms with van der Waals surface area (Å²) < 4.78 is 13.1. The first-order valence-corrected chi connectivity index (χ1v) is 5.63. The van der Waals surface area contributed by atoms with Gasteiger partial charge in [-0.2, -0.15) is 5.26 Å². The number of hydrogen-bond acceptors (Lipinski definition) is 2. The van der Waals surface area contributed by atoms with E-state index in [1.54, 1.807) is 19.1 Å². The average Bonchev–Trinajstić information content (AvgIpc) is 2.71. The Kier molecular flexibility index (Phi) is 3.09. The molecular weight excluding hydrogens is 203 g/mol. The van der Waals surface area contributed by atoms with Gasteiger partial charge in [0.1, 0.15) is 5.82 Å². The molecule has 0 radical (unpaired) electrons. The summed E-state index contributed by atoms with van der Waals surface area (Å²) in [7, 11) is 0. The number of hydrogen-bond donors (Lipinski definition) is 1. The molecule has 0 heterocycles. The van der Waals surface area contributed by atoms with Crippen molar-refractivity contribution in [1.29, 1.82) is 5.26 Å². The Morgan fingerprint density at radius 2 is 2.25 bits per heavy atom. The maximum atomic E-state index is 13.1. The molecule has 3 heteroatoms. The van der Waals surface area contributed by atoms with Gasteiger partial charge in [0.05, 0.1) is 12.0 Å². The molecule has 1 aromatic rings. The fraction of sp³-hybridized carbons (Fsp3) is 0.462. The number of aryl methyl sites for hydroxylation is 1. The molecule has 1 aliphatic rings. The number of nitrogens with zero attached hydrogens (tertiary/aromatic N) is 1. The maximum absolute atomic E-state index is 13.1. The molecule has 16 heavy (non-hydrogen) atoms. The number of anilines is 1. The van der Waals surface area contributed by atoms with Gasteiger partial charge >= 0.3 is 0 Å². The zero-order valence-corrected chi connectivity index (χ0v) is 9.33. The molecule has 1 fully saturated rings. The lowest BCUT2D eigenvalue weighted by atomic mass is 10.1. The minimum Gasteiger partial charge on any atom is -0.381 e.